The van der Waals surface area contributed by atoms with E-state index in [0.717, 1.165) is 18.4 Å². The number of hydrogen-bond donors (Lipinski definition) is 1. The largest absolute Gasteiger partial charge is 0.468 e. The van der Waals surface area contributed by atoms with Crippen molar-refractivity contribution < 1.29 is 9.53 Å². The maximum absolute atomic E-state index is 11.8. The smallest absolute Gasteiger partial charge is 0.323 e. The molecule has 0 fully saturated rings. The van der Waals surface area contributed by atoms with Gasteiger partial charge in [0.25, 0.3) is 0 Å². The van der Waals surface area contributed by atoms with Crippen LogP contribution in [0.5, 0.6) is 0 Å². The van der Waals surface area contributed by atoms with Gasteiger partial charge in [0, 0.05) is 0 Å². The van der Waals surface area contributed by atoms with Gasteiger partial charge in [-0.05, 0) is 18.4 Å². The molecule has 1 aromatic rings. The summed E-state index contributed by atoms with van der Waals surface area (Å²) in [4.78, 5) is 11.8. The summed E-state index contributed by atoms with van der Waals surface area (Å²) in [5, 5.41) is 12.1. The van der Waals surface area contributed by atoms with E-state index in [1.165, 1.54) is 7.11 Å². The van der Waals surface area contributed by atoms with Crippen LogP contribution in [0.4, 0.5) is 0 Å². The third-order valence-electron chi connectivity index (χ3n) is 2.90. The van der Waals surface area contributed by atoms with Gasteiger partial charge in [0.15, 0.2) is 0 Å². The van der Waals surface area contributed by atoms with E-state index in [1.807, 2.05) is 37.3 Å². The summed E-state index contributed by atoms with van der Waals surface area (Å²) in [5.74, 6) is -0.333. The van der Waals surface area contributed by atoms with Gasteiger partial charge in [-0.3, -0.25) is 10.1 Å². The quantitative estimate of drug-likeness (QED) is 0.762. The van der Waals surface area contributed by atoms with Gasteiger partial charge >= 0.3 is 5.97 Å². The molecule has 0 unspecified atom stereocenters. The third-order valence-corrected chi connectivity index (χ3v) is 2.90. The van der Waals surface area contributed by atoms with Gasteiger partial charge in [-0.2, -0.15) is 5.26 Å². The summed E-state index contributed by atoms with van der Waals surface area (Å²) in [7, 11) is 1.36. The van der Waals surface area contributed by atoms with Crippen molar-refractivity contribution in [1.82, 2.24) is 5.32 Å². The Kier molecular flexibility index (Phi) is 6.62. The van der Waals surface area contributed by atoms with Crippen LogP contribution in [-0.4, -0.2) is 25.2 Å². The van der Waals surface area contributed by atoms with Crippen LogP contribution in [0.25, 0.3) is 0 Å². The normalized spacial score (nSPS) is 13.3. The van der Waals surface area contributed by atoms with E-state index in [-0.39, 0.29) is 12.0 Å². The van der Waals surface area contributed by atoms with Crippen molar-refractivity contribution in [1.29, 1.82) is 5.26 Å². The fraction of sp³-hybridized carbons (Fsp3) is 0.467. The van der Waals surface area contributed by atoms with Gasteiger partial charge in [-0.15, -0.1) is 0 Å². The van der Waals surface area contributed by atoms with E-state index in [4.69, 9.17) is 10.00 Å². The second-order valence-electron chi connectivity index (χ2n) is 4.40. The van der Waals surface area contributed by atoms with E-state index in [1.54, 1.807) is 0 Å². The molecule has 0 radical (unpaired) electrons. The summed E-state index contributed by atoms with van der Waals surface area (Å²) in [6, 6.07) is 11.1. The van der Waals surface area contributed by atoms with Crippen LogP contribution in [0.3, 0.4) is 0 Å². The molecule has 0 heterocycles. The molecule has 0 spiro atoms. The predicted octanol–water partition coefficient (Wildman–Crippen LogP) is 2.05. The Balaban J connectivity index is 2.72. The molecule has 4 nitrogen and oxygen atoms in total. The number of methoxy groups -OCH3 is 1. The van der Waals surface area contributed by atoms with Gasteiger partial charge in [0.2, 0.25) is 0 Å². The highest BCUT2D eigenvalue weighted by molar-refractivity contribution is 5.76. The number of ether oxygens (including phenoxy) is 1. The summed E-state index contributed by atoms with van der Waals surface area (Å²) in [5.41, 5.74) is 1.04. The predicted molar refractivity (Wildman–Crippen MR) is 73.4 cm³/mol. The van der Waals surface area contributed by atoms with E-state index in [2.05, 4.69) is 11.4 Å². The fourth-order valence-corrected chi connectivity index (χ4v) is 1.92. The van der Waals surface area contributed by atoms with Crippen LogP contribution in [0.1, 0.15) is 25.3 Å². The third kappa shape index (κ3) is 5.11. The molecule has 1 aromatic carbocycles. The maximum Gasteiger partial charge on any atom is 0.323 e. The zero-order chi connectivity index (χ0) is 14.1. The Morgan fingerprint density at radius 3 is 2.63 bits per heavy atom. The Hall–Kier alpha value is -1.86. The molecule has 2 atom stereocenters. The number of hydrogen-bond acceptors (Lipinski definition) is 4. The molecule has 0 bridgehead atoms. The first-order valence-electron chi connectivity index (χ1n) is 6.48. The van der Waals surface area contributed by atoms with Gasteiger partial charge in [0.05, 0.1) is 19.2 Å². The molecule has 0 aliphatic heterocycles. The Morgan fingerprint density at radius 2 is 2.11 bits per heavy atom. The minimum atomic E-state index is -0.483. The van der Waals surface area contributed by atoms with E-state index in [0.29, 0.717) is 6.42 Å². The van der Waals surface area contributed by atoms with Crippen LogP contribution in [0, 0.1) is 11.3 Å². The van der Waals surface area contributed by atoms with Crippen molar-refractivity contribution in [3.63, 3.8) is 0 Å². The van der Waals surface area contributed by atoms with Gasteiger partial charge in [-0.25, -0.2) is 0 Å². The molecular weight excluding hydrogens is 240 g/mol. The van der Waals surface area contributed by atoms with Gasteiger partial charge < -0.3 is 4.74 Å². The second-order valence-corrected chi connectivity index (χ2v) is 4.40. The van der Waals surface area contributed by atoms with E-state index in [9.17, 15) is 4.79 Å². The minimum absolute atomic E-state index is 0.321. The zero-order valence-electron chi connectivity index (χ0n) is 11.4. The lowest BCUT2D eigenvalue weighted by Crippen LogP contribution is -2.44. The summed E-state index contributed by atoms with van der Waals surface area (Å²) in [6.45, 7) is 2.01. The monoisotopic (exact) mass is 260 g/mol. The lowest BCUT2D eigenvalue weighted by Gasteiger charge is -2.19. The molecule has 4 heteroatoms. The van der Waals surface area contributed by atoms with Crippen molar-refractivity contribution in [3.8, 4) is 6.07 Å². The molecule has 0 amide bonds. The molecule has 1 rings (SSSR count). The first-order chi connectivity index (χ1) is 9.21. The fourth-order valence-electron chi connectivity index (χ4n) is 1.92. The average Bonchev–Trinajstić information content (AvgIpc) is 2.46. The number of nitriles is 1. The van der Waals surface area contributed by atoms with Crippen LogP contribution < -0.4 is 5.32 Å². The van der Waals surface area contributed by atoms with Crippen LogP contribution in [-0.2, 0) is 16.0 Å². The number of benzene rings is 1. The lowest BCUT2D eigenvalue weighted by atomic mass is 10.0. The highest BCUT2D eigenvalue weighted by Crippen LogP contribution is 2.07. The molecule has 1 N–H and O–H groups in total. The Labute approximate surface area is 114 Å². The Bertz CT molecular complexity index is 426. The minimum Gasteiger partial charge on any atom is -0.468 e. The van der Waals surface area contributed by atoms with E-state index >= 15 is 0 Å². The standard InChI is InChI=1S/C15H20N2O2/c1-3-7-13(11-16)17-14(15(18)19-2)10-12-8-5-4-6-9-12/h4-6,8-9,13-14,17H,3,7,10H2,1-2H3/t13-,14+/m1/s1. The molecule has 0 saturated heterocycles. The summed E-state index contributed by atoms with van der Waals surface area (Å²) in [6.07, 6.45) is 2.14. The number of nitrogens with one attached hydrogen (secondary N) is 1. The second kappa shape index (κ2) is 8.28. The van der Waals surface area contributed by atoms with Crippen molar-refractivity contribution in [2.75, 3.05) is 7.11 Å². The molecule has 19 heavy (non-hydrogen) atoms. The highest BCUT2D eigenvalue weighted by Gasteiger charge is 2.22. The molecule has 0 aliphatic carbocycles. The zero-order valence-corrected chi connectivity index (χ0v) is 11.4. The SMILES string of the molecule is CCC[C@H](C#N)N[C@@H](Cc1ccccc1)C(=O)OC. The van der Waals surface area contributed by atoms with E-state index < -0.39 is 6.04 Å². The first-order valence-corrected chi connectivity index (χ1v) is 6.48. The number of nitrogens with zero attached hydrogens (tertiary/aromatic N) is 1. The lowest BCUT2D eigenvalue weighted by molar-refractivity contribution is -0.143. The molecule has 0 saturated carbocycles. The molecule has 102 valence electrons. The van der Waals surface area contributed by atoms with Crippen molar-refractivity contribution in [3.05, 3.63) is 35.9 Å². The summed E-state index contributed by atoms with van der Waals surface area (Å²) >= 11 is 0. The maximum atomic E-state index is 11.8. The van der Waals surface area contributed by atoms with Gasteiger partial charge in [0.1, 0.15) is 6.04 Å². The molecular formula is C15H20N2O2. The van der Waals surface area contributed by atoms with Crippen molar-refractivity contribution >= 4 is 5.97 Å². The molecule has 0 aromatic heterocycles. The van der Waals surface area contributed by atoms with Crippen LogP contribution >= 0.6 is 0 Å². The topological polar surface area (TPSA) is 62.1 Å². The van der Waals surface area contributed by atoms with Gasteiger partial charge in [-0.1, -0.05) is 43.7 Å². The van der Waals surface area contributed by atoms with Crippen molar-refractivity contribution in [2.45, 2.75) is 38.3 Å². The number of carbonyl (C=O) groups excluding carboxylic acids is 1. The number of carbonyl (C=O) groups is 1. The first kappa shape index (κ1) is 15.2. The highest BCUT2D eigenvalue weighted by atomic mass is 16.5. The average molecular weight is 260 g/mol. The van der Waals surface area contributed by atoms with Crippen molar-refractivity contribution in [2.24, 2.45) is 0 Å². The Morgan fingerprint density at radius 1 is 1.42 bits per heavy atom. The van der Waals surface area contributed by atoms with Crippen LogP contribution in [0.2, 0.25) is 0 Å². The molecule has 0 aliphatic rings. The number of esters is 1. The van der Waals surface area contributed by atoms with Crippen LogP contribution in [0.15, 0.2) is 30.3 Å². The summed E-state index contributed by atoms with van der Waals surface area (Å²) < 4.78 is 4.80. The number of rotatable bonds is 7.